The Bertz CT molecular complexity index is 627. The standard InChI is InChI=1S/C18H26N4O2/c1-13(23)20-6-4-15(5-7-20)21-8-9-22-16(11-21)12-24-18-10-14(19)2-3-17(18)22/h2-3,10,15-16H,4-9,11-12,19H2,1H3/t16-/m0/s1. The average Bonchev–Trinajstić information content (AvgIpc) is 2.61. The van der Waals surface area contributed by atoms with Crippen molar-refractivity contribution in [2.75, 3.05) is 50.0 Å². The number of anilines is 2. The fraction of sp³-hybridized carbons (Fsp3) is 0.611. The summed E-state index contributed by atoms with van der Waals surface area (Å²) in [5.74, 6) is 1.12. The normalized spacial score (nSPS) is 25.0. The van der Waals surface area contributed by atoms with Crippen LogP contribution in [0, 0.1) is 0 Å². The zero-order valence-electron chi connectivity index (χ0n) is 14.3. The molecule has 130 valence electrons. The van der Waals surface area contributed by atoms with Crippen molar-refractivity contribution >= 4 is 17.3 Å². The average molecular weight is 330 g/mol. The maximum absolute atomic E-state index is 11.5. The Morgan fingerprint density at radius 1 is 1.17 bits per heavy atom. The van der Waals surface area contributed by atoms with Crippen LogP contribution in [0.1, 0.15) is 19.8 Å². The van der Waals surface area contributed by atoms with Gasteiger partial charge in [0.05, 0.1) is 11.7 Å². The van der Waals surface area contributed by atoms with Crippen LogP contribution in [0.25, 0.3) is 0 Å². The molecular weight excluding hydrogens is 304 g/mol. The lowest BCUT2D eigenvalue weighted by molar-refractivity contribution is -0.130. The van der Waals surface area contributed by atoms with E-state index in [0.29, 0.717) is 12.1 Å². The summed E-state index contributed by atoms with van der Waals surface area (Å²) < 4.78 is 5.96. The molecule has 0 aliphatic carbocycles. The van der Waals surface area contributed by atoms with E-state index < -0.39 is 0 Å². The number of hydrogen-bond acceptors (Lipinski definition) is 5. The molecule has 2 saturated heterocycles. The maximum atomic E-state index is 11.5. The molecule has 1 aromatic carbocycles. The highest BCUT2D eigenvalue weighted by molar-refractivity contribution is 5.73. The van der Waals surface area contributed by atoms with Crippen molar-refractivity contribution in [3.63, 3.8) is 0 Å². The maximum Gasteiger partial charge on any atom is 0.219 e. The van der Waals surface area contributed by atoms with Gasteiger partial charge in [-0.15, -0.1) is 0 Å². The Hall–Kier alpha value is -1.95. The van der Waals surface area contributed by atoms with E-state index in [-0.39, 0.29) is 5.91 Å². The minimum absolute atomic E-state index is 0.204. The lowest BCUT2D eigenvalue weighted by Gasteiger charge is -2.49. The quantitative estimate of drug-likeness (QED) is 0.783. The van der Waals surface area contributed by atoms with E-state index >= 15 is 0 Å². The second-order valence-corrected chi connectivity index (χ2v) is 7.12. The van der Waals surface area contributed by atoms with Crippen molar-refractivity contribution in [3.8, 4) is 5.75 Å². The molecule has 6 heteroatoms. The molecule has 1 atom stereocenters. The number of fused-ring (bicyclic) bond motifs is 3. The Morgan fingerprint density at radius 2 is 1.96 bits per heavy atom. The Labute approximate surface area is 143 Å². The monoisotopic (exact) mass is 330 g/mol. The van der Waals surface area contributed by atoms with Crippen molar-refractivity contribution in [2.45, 2.75) is 31.8 Å². The topological polar surface area (TPSA) is 62.0 Å². The van der Waals surface area contributed by atoms with Crippen molar-refractivity contribution in [1.82, 2.24) is 9.80 Å². The number of nitrogen functional groups attached to an aromatic ring is 1. The first-order valence-electron chi connectivity index (χ1n) is 8.90. The molecule has 0 unspecified atom stereocenters. The van der Waals surface area contributed by atoms with Gasteiger partial charge in [-0.25, -0.2) is 0 Å². The van der Waals surface area contributed by atoms with Crippen LogP contribution in [0.15, 0.2) is 18.2 Å². The summed E-state index contributed by atoms with van der Waals surface area (Å²) in [6, 6.07) is 6.96. The second-order valence-electron chi connectivity index (χ2n) is 7.12. The van der Waals surface area contributed by atoms with Gasteiger partial charge in [-0.3, -0.25) is 9.69 Å². The number of nitrogens with two attached hydrogens (primary N) is 1. The predicted octanol–water partition coefficient (Wildman–Crippen LogP) is 1.16. The molecule has 3 aliphatic heterocycles. The summed E-state index contributed by atoms with van der Waals surface area (Å²) in [5, 5.41) is 0. The predicted molar refractivity (Wildman–Crippen MR) is 94.3 cm³/mol. The lowest BCUT2D eigenvalue weighted by Crippen LogP contribution is -2.60. The van der Waals surface area contributed by atoms with Crippen LogP contribution >= 0.6 is 0 Å². The third-order valence-electron chi connectivity index (χ3n) is 5.66. The minimum Gasteiger partial charge on any atom is -0.489 e. The highest BCUT2D eigenvalue weighted by Gasteiger charge is 2.36. The van der Waals surface area contributed by atoms with Gasteiger partial charge >= 0.3 is 0 Å². The Morgan fingerprint density at radius 3 is 2.71 bits per heavy atom. The molecule has 3 heterocycles. The van der Waals surface area contributed by atoms with Crippen molar-refractivity contribution in [1.29, 1.82) is 0 Å². The van der Waals surface area contributed by atoms with Crippen LogP contribution in [0.5, 0.6) is 5.75 Å². The molecule has 4 rings (SSSR count). The van der Waals surface area contributed by atoms with Gasteiger partial charge < -0.3 is 20.3 Å². The van der Waals surface area contributed by atoms with E-state index in [9.17, 15) is 4.79 Å². The van der Waals surface area contributed by atoms with Crippen LogP contribution in [0.3, 0.4) is 0 Å². The fourth-order valence-corrected chi connectivity index (χ4v) is 4.29. The van der Waals surface area contributed by atoms with Gasteiger partial charge in [-0.05, 0) is 25.0 Å². The van der Waals surface area contributed by atoms with E-state index in [0.717, 1.165) is 63.6 Å². The van der Waals surface area contributed by atoms with Gasteiger partial charge in [0.1, 0.15) is 12.4 Å². The number of rotatable bonds is 1. The summed E-state index contributed by atoms with van der Waals surface area (Å²) in [6.45, 7) is 7.31. The summed E-state index contributed by atoms with van der Waals surface area (Å²) in [4.78, 5) is 18.5. The van der Waals surface area contributed by atoms with Gasteiger partial charge in [0.2, 0.25) is 5.91 Å². The van der Waals surface area contributed by atoms with E-state index in [1.54, 1.807) is 6.92 Å². The highest BCUT2D eigenvalue weighted by Crippen LogP contribution is 2.37. The molecule has 2 fully saturated rings. The highest BCUT2D eigenvalue weighted by atomic mass is 16.5. The molecule has 6 nitrogen and oxygen atoms in total. The minimum atomic E-state index is 0.204. The largest absolute Gasteiger partial charge is 0.489 e. The first-order chi connectivity index (χ1) is 11.6. The van der Waals surface area contributed by atoms with E-state index in [1.165, 1.54) is 5.69 Å². The second kappa shape index (κ2) is 6.16. The Balaban J connectivity index is 1.41. The molecule has 0 bridgehead atoms. The molecule has 0 saturated carbocycles. The number of piperazine rings is 1. The number of benzene rings is 1. The van der Waals surface area contributed by atoms with E-state index in [1.807, 2.05) is 17.0 Å². The summed E-state index contributed by atoms with van der Waals surface area (Å²) in [6.07, 6.45) is 2.17. The number of carbonyl (C=O) groups excluding carboxylic acids is 1. The van der Waals surface area contributed by atoms with Crippen LogP contribution < -0.4 is 15.4 Å². The zero-order valence-corrected chi connectivity index (χ0v) is 14.3. The molecule has 1 aromatic rings. The molecule has 24 heavy (non-hydrogen) atoms. The number of hydrogen-bond donors (Lipinski definition) is 1. The number of likely N-dealkylation sites (tertiary alicyclic amines) is 1. The van der Waals surface area contributed by atoms with Gasteiger partial charge in [-0.2, -0.15) is 0 Å². The number of amides is 1. The van der Waals surface area contributed by atoms with Gasteiger partial charge in [-0.1, -0.05) is 0 Å². The van der Waals surface area contributed by atoms with Gasteiger partial charge in [0.15, 0.2) is 0 Å². The zero-order chi connectivity index (χ0) is 16.7. The third kappa shape index (κ3) is 2.79. The smallest absolute Gasteiger partial charge is 0.219 e. The van der Waals surface area contributed by atoms with E-state index in [4.69, 9.17) is 10.5 Å². The number of carbonyl (C=O) groups is 1. The first kappa shape index (κ1) is 15.6. The van der Waals surface area contributed by atoms with E-state index in [2.05, 4.69) is 15.9 Å². The molecule has 0 spiro atoms. The van der Waals surface area contributed by atoms with Crippen LogP contribution in [0.2, 0.25) is 0 Å². The van der Waals surface area contributed by atoms with Gasteiger partial charge in [0, 0.05) is 57.4 Å². The van der Waals surface area contributed by atoms with Crippen LogP contribution in [0.4, 0.5) is 11.4 Å². The van der Waals surface area contributed by atoms with Gasteiger partial charge in [0.25, 0.3) is 0 Å². The number of piperidine rings is 1. The van der Waals surface area contributed by atoms with Crippen LogP contribution in [-0.4, -0.2) is 67.1 Å². The lowest BCUT2D eigenvalue weighted by atomic mass is 9.99. The summed E-state index contributed by atoms with van der Waals surface area (Å²) in [7, 11) is 0. The molecular formula is C18H26N4O2. The van der Waals surface area contributed by atoms with Crippen molar-refractivity contribution < 1.29 is 9.53 Å². The fourth-order valence-electron chi connectivity index (χ4n) is 4.29. The molecule has 0 radical (unpaired) electrons. The SMILES string of the molecule is CC(=O)N1CCC(N2CCN3c4ccc(N)cc4OC[C@@H]3C2)CC1. The van der Waals surface area contributed by atoms with Crippen molar-refractivity contribution in [2.24, 2.45) is 0 Å². The summed E-state index contributed by atoms with van der Waals surface area (Å²) in [5.41, 5.74) is 7.79. The molecule has 3 aliphatic rings. The van der Waals surface area contributed by atoms with Crippen molar-refractivity contribution in [3.05, 3.63) is 18.2 Å². The Kier molecular flexibility index (Phi) is 4.00. The molecule has 1 amide bonds. The number of ether oxygens (including phenoxy) is 1. The third-order valence-corrected chi connectivity index (χ3v) is 5.66. The number of nitrogens with zero attached hydrogens (tertiary/aromatic N) is 3. The summed E-state index contributed by atoms with van der Waals surface area (Å²) >= 11 is 0. The molecule has 0 aromatic heterocycles. The molecule has 2 N–H and O–H groups in total. The van der Waals surface area contributed by atoms with Crippen LogP contribution in [-0.2, 0) is 4.79 Å². The first-order valence-corrected chi connectivity index (χ1v) is 8.90.